The van der Waals surface area contributed by atoms with Crippen molar-refractivity contribution in [2.75, 3.05) is 13.5 Å². The number of fused-ring (bicyclic) bond motifs is 2. The first-order valence-electron chi connectivity index (χ1n) is 13.6. The first-order valence-corrected chi connectivity index (χ1v) is 13.6. The summed E-state index contributed by atoms with van der Waals surface area (Å²) in [6, 6.07) is 22.6. The number of rotatable bonds is 6. The van der Waals surface area contributed by atoms with Crippen molar-refractivity contribution in [1.29, 1.82) is 0 Å². The predicted octanol–water partition coefficient (Wildman–Crippen LogP) is 5.54. The Morgan fingerprint density at radius 3 is 1.44 bits per heavy atom. The molecule has 8 nitrogen and oxygen atoms in total. The van der Waals surface area contributed by atoms with E-state index in [1.54, 1.807) is 24.3 Å². The Labute approximate surface area is 239 Å². The standard InChI is InChI=1S/C33H34N2O6/c1-33(2,25-5-9-31-23(13-25)17-34(19-40-31)15-21-3-7-27(36)29(38)11-21)26-6-10-32-24(14-26)18-35(20-41-32)16-22-4-8-28(37)30(39)12-22/h3-14,36-39H,15-20H2,1-2H3. The maximum Gasteiger partial charge on any atom is 0.157 e. The number of phenolic OH excluding ortho intramolecular Hbond substituents is 4. The van der Waals surface area contributed by atoms with Crippen molar-refractivity contribution < 1.29 is 29.9 Å². The molecule has 0 amide bonds. The summed E-state index contributed by atoms with van der Waals surface area (Å²) >= 11 is 0. The highest BCUT2D eigenvalue weighted by Crippen LogP contribution is 2.39. The molecule has 0 spiro atoms. The third-order valence-electron chi connectivity index (χ3n) is 8.05. The Hall–Kier alpha value is -4.40. The lowest BCUT2D eigenvalue weighted by Gasteiger charge is -2.33. The van der Waals surface area contributed by atoms with Crippen LogP contribution in [0.15, 0.2) is 72.8 Å². The van der Waals surface area contributed by atoms with Crippen LogP contribution in [0.3, 0.4) is 0 Å². The second-order valence-electron chi connectivity index (χ2n) is 11.4. The fourth-order valence-corrected chi connectivity index (χ4v) is 5.58. The van der Waals surface area contributed by atoms with Gasteiger partial charge in [0.05, 0.1) is 0 Å². The average Bonchev–Trinajstić information content (AvgIpc) is 2.96. The van der Waals surface area contributed by atoms with Crippen molar-refractivity contribution in [2.45, 2.75) is 45.4 Å². The van der Waals surface area contributed by atoms with Crippen LogP contribution in [0.2, 0.25) is 0 Å². The van der Waals surface area contributed by atoms with E-state index >= 15 is 0 Å². The molecule has 4 aromatic carbocycles. The van der Waals surface area contributed by atoms with E-state index in [-0.39, 0.29) is 28.4 Å². The van der Waals surface area contributed by atoms with E-state index < -0.39 is 0 Å². The number of benzene rings is 4. The summed E-state index contributed by atoms with van der Waals surface area (Å²) in [4.78, 5) is 4.31. The smallest absolute Gasteiger partial charge is 0.157 e. The summed E-state index contributed by atoms with van der Waals surface area (Å²) in [7, 11) is 0. The van der Waals surface area contributed by atoms with Gasteiger partial charge in [-0.2, -0.15) is 0 Å². The Morgan fingerprint density at radius 1 is 0.585 bits per heavy atom. The molecule has 0 saturated heterocycles. The molecule has 2 aliphatic rings. The number of phenols is 4. The summed E-state index contributed by atoms with van der Waals surface area (Å²) in [6.45, 7) is 7.93. The van der Waals surface area contributed by atoms with E-state index in [1.165, 1.54) is 23.3 Å². The highest BCUT2D eigenvalue weighted by Gasteiger charge is 2.28. The molecular weight excluding hydrogens is 520 g/mol. The molecule has 0 saturated carbocycles. The highest BCUT2D eigenvalue weighted by molar-refractivity contribution is 5.49. The van der Waals surface area contributed by atoms with Gasteiger partial charge in [0, 0.05) is 42.7 Å². The van der Waals surface area contributed by atoms with Crippen molar-refractivity contribution in [3.8, 4) is 34.5 Å². The molecule has 0 fully saturated rings. The van der Waals surface area contributed by atoms with E-state index in [2.05, 4.69) is 47.9 Å². The van der Waals surface area contributed by atoms with Crippen molar-refractivity contribution in [2.24, 2.45) is 0 Å². The van der Waals surface area contributed by atoms with Gasteiger partial charge in [0.1, 0.15) is 25.0 Å². The van der Waals surface area contributed by atoms with Crippen molar-refractivity contribution in [3.05, 3.63) is 106 Å². The van der Waals surface area contributed by atoms with Crippen LogP contribution >= 0.6 is 0 Å². The lowest BCUT2D eigenvalue weighted by Crippen LogP contribution is -2.32. The molecule has 0 radical (unpaired) electrons. The van der Waals surface area contributed by atoms with Gasteiger partial charge in [-0.05, 0) is 70.8 Å². The normalized spacial score (nSPS) is 15.5. The lowest BCUT2D eigenvalue weighted by molar-refractivity contribution is 0.0884. The molecule has 0 atom stereocenters. The van der Waals surface area contributed by atoms with Crippen molar-refractivity contribution >= 4 is 0 Å². The molecule has 6 rings (SSSR count). The second-order valence-corrected chi connectivity index (χ2v) is 11.4. The monoisotopic (exact) mass is 554 g/mol. The van der Waals surface area contributed by atoms with Crippen LogP contribution in [-0.4, -0.2) is 43.7 Å². The molecule has 0 bridgehead atoms. The number of hydrogen-bond acceptors (Lipinski definition) is 8. The summed E-state index contributed by atoms with van der Waals surface area (Å²) in [6.07, 6.45) is 0. The van der Waals surface area contributed by atoms with Crippen LogP contribution in [0.5, 0.6) is 34.5 Å². The third kappa shape index (κ3) is 5.49. The predicted molar refractivity (Wildman–Crippen MR) is 154 cm³/mol. The van der Waals surface area contributed by atoms with Gasteiger partial charge in [0.25, 0.3) is 0 Å². The lowest BCUT2D eigenvalue weighted by atomic mass is 9.77. The Bertz CT molecular complexity index is 1480. The van der Waals surface area contributed by atoms with E-state index in [1.807, 2.05) is 12.1 Å². The molecule has 0 aliphatic carbocycles. The first-order chi connectivity index (χ1) is 19.7. The molecular formula is C33H34N2O6. The van der Waals surface area contributed by atoms with Crippen LogP contribution < -0.4 is 9.47 Å². The molecule has 212 valence electrons. The van der Waals surface area contributed by atoms with E-state index in [0.29, 0.717) is 39.6 Å². The van der Waals surface area contributed by atoms with Crippen LogP contribution in [-0.2, 0) is 31.6 Å². The summed E-state index contributed by atoms with van der Waals surface area (Å²) in [5.74, 6) is 1.26. The zero-order valence-corrected chi connectivity index (χ0v) is 23.2. The zero-order valence-electron chi connectivity index (χ0n) is 23.2. The van der Waals surface area contributed by atoms with E-state index in [4.69, 9.17) is 9.47 Å². The molecule has 4 N–H and O–H groups in total. The number of ether oxygens (including phenoxy) is 2. The maximum atomic E-state index is 9.87. The molecule has 2 aliphatic heterocycles. The Morgan fingerprint density at radius 2 is 1.02 bits per heavy atom. The Balaban J connectivity index is 1.19. The largest absolute Gasteiger partial charge is 0.504 e. The maximum absolute atomic E-state index is 9.87. The Kier molecular flexibility index (Phi) is 6.89. The van der Waals surface area contributed by atoms with Crippen molar-refractivity contribution in [3.63, 3.8) is 0 Å². The highest BCUT2D eigenvalue weighted by atomic mass is 16.5. The minimum Gasteiger partial charge on any atom is -0.504 e. The fraction of sp³-hybridized carbons (Fsp3) is 0.273. The first kappa shape index (κ1) is 26.8. The van der Waals surface area contributed by atoms with Crippen LogP contribution in [0.4, 0.5) is 0 Å². The van der Waals surface area contributed by atoms with Gasteiger partial charge in [-0.1, -0.05) is 38.1 Å². The van der Waals surface area contributed by atoms with Gasteiger partial charge < -0.3 is 29.9 Å². The molecule has 4 aromatic rings. The van der Waals surface area contributed by atoms with Crippen LogP contribution in [0, 0.1) is 0 Å². The van der Waals surface area contributed by atoms with Crippen molar-refractivity contribution in [1.82, 2.24) is 9.80 Å². The zero-order chi connectivity index (χ0) is 28.7. The third-order valence-corrected chi connectivity index (χ3v) is 8.05. The quantitative estimate of drug-likeness (QED) is 0.230. The molecule has 2 heterocycles. The topological polar surface area (TPSA) is 106 Å². The average molecular weight is 555 g/mol. The summed E-state index contributed by atoms with van der Waals surface area (Å²) in [5.41, 5.74) is 6.09. The minimum atomic E-state index is -0.278. The minimum absolute atomic E-state index is 0.122. The second kappa shape index (κ2) is 10.5. The van der Waals surface area contributed by atoms with Gasteiger partial charge in [-0.15, -0.1) is 0 Å². The van der Waals surface area contributed by atoms with Gasteiger partial charge in [-0.3, -0.25) is 9.80 Å². The van der Waals surface area contributed by atoms with E-state index in [0.717, 1.165) is 33.8 Å². The molecule has 0 unspecified atom stereocenters. The molecule has 41 heavy (non-hydrogen) atoms. The summed E-state index contributed by atoms with van der Waals surface area (Å²) < 4.78 is 12.1. The summed E-state index contributed by atoms with van der Waals surface area (Å²) in [5, 5.41) is 39.0. The van der Waals surface area contributed by atoms with E-state index in [9.17, 15) is 20.4 Å². The van der Waals surface area contributed by atoms with Gasteiger partial charge in [0.15, 0.2) is 23.0 Å². The number of aromatic hydroxyl groups is 4. The fourth-order valence-electron chi connectivity index (χ4n) is 5.58. The number of hydrogen-bond donors (Lipinski definition) is 4. The van der Waals surface area contributed by atoms with Crippen LogP contribution in [0.1, 0.15) is 47.2 Å². The van der Waals surface area contributed by atoms with Crippen LogP contribution in [0.25, 0.3) is 0 Å². The van der Waals surface area contributed by atoms with Gasteiger partial charge in [0.2, 0.25) is 0 Å². The number of nitrogens with zero attached hydrogens (tertiary/aromatic N) is 2. The van der Waals surface area contributed by atoms with Gasteiger partial charge in [-0.25, -0.2) is 0 Å². The van der Waals surface area contributed by atoms with Gasteiger partial charge >= 0.3 is 0 Å². The molecule has 8 heteroatoms. The SMILES string of the molecule is CC(C)(c1ccc2c(c1)CN(Cc1ccc(O)c(O)c1)CO2)c1ccc2c(c1)CN(Cc1ccc(O)c(O)c1)CO2. The molecule has 0 aromatic heterocycles.